The van der Waals surface area contributed by atoms with E-state index in [1.165, 1.54) is 0 Å². The number of carbonyl (C=O) groups excluding carboxylic acids is 1. The quantitative estimate of drug-likeness (QED) is 0.722. The molecule has 4 nitrogen and oxygen atoms in total. The fourth-order valence-electron chi connectivity index (χ4n) is 2.53. The molecular formula is C12H22N2O2. The van der Waals surface area contributed by atoms with Crippen molar-refractivity contribution >= 4 is 5.91 Å². The summed E-state index contributed by atoms with van der Waals surface area (Å²) in [7, 11) is 0. The molecule has 0 saturated carbocycles. The lowest BCUT2D eigenvalue weighted by Gasteiger charge is -2.30. The smallest absolute Gasteiger partial charge is 0.225 e. The lowest BCUT2D eigenvalue weighted by molar-refractivity contribution is -0.127. The standard InChI is InChI=1S/C12H22N2O2/c1-8-6-13-7-10(8)11(15)14-12(3)4-5-16-9(12)2/h8-10,13H,4-7H2,1-3H3,(H,14,15)/t8-,9?,10-,12?/m1/s1. The molecule has 0 spiro atoms. The molecular weight excluding hydrogens is 204 g/mol. The molecule has 2 heterocycles. The number of rotatable bonds is 2. The molecule has 16 heavy (non-hydrogen) atoms. The van der Waals surface area contributed by atoms with Gasteiger partial charge in [0.1, 0.15) is 0 Å². The van der Waals surface area contributed by atoms with Crippen LogP contribution in [0.1, 0.15) is 27.2 Å². The van der Waals surface area contributed by atoms with Crippen molar-refractivity contribution in [3.8, 4) is 0 Å². The number of hydrogen-bond donors (Lipinski definition) is 2. The minimum absolute atomic E-state index is 0.112. The molecule has 0 aromatic rings. The maximum absolute atomic E-state index is 12.2. The molecule has 0 aliphatic carbocycles. The van der Waals surface area contributed by atoms with Gasteiger partial charge >= 0.3 is 0 Å². The highest BCUT2D eigenvalue weighted by Gasteiger charge is 2.40. The highest BCUT2D eigenvalue weighted by molar-refractivity contribution is 5.80. The zero-order chi connectivity index (χ0) is 11.8. The minimum Gasteiger partial charge on any atom is -0.376 e. The summed E-state index contributed by atoms with van der Waals surface area (Å²) in [4.78, 5) is 12.2. The van der Waals surface area contributed by atoms with Crippen molar-refractivity contribution in [3.63, 3.8) is 0 Å². The van der Waals surface area contributed by atoms with Gasteiger partial charge in [-0.05, 0) is 32.7 Å². The average Bonchev–Trinajstić information content (AvgIpc) is 2.75. The van der Waals surface area contributed by atoms with E-state index in [4.69, 9.17) is 4.74 Å². The summed E-state index contributed by atoms with van der Waals surface area (Å²) in [6.45, 7) is 8.73. The fraction of sp³-hybridized carbons (Fsp3) is 0.917. The molecule has 0 bridgehead atoms. The molecule has 2 rings (SSSR count). The monoisotopic (exact) mass is 226 g/mol. The number of carbonyl (C=O) groups is 1. The molecule has 2 fully saturated rings. The first kappa shape index (κ1) is 11.9. The summed E-state index contributed by atoms with van der Waals surface area (Å²) < 4.78 is 5.53. The van der Waals surface area contributed by atoms with Crippen LogP contribution in [0.4, 0.5) is 0 Å². The van der Waals surface area contributed by atoms with Crippen molar-refractivity contribution in [2.45, 2.75) is 38.8 Å². The Bertz CT molecular complexity index is 282. The third kappa shape index (κ3) is 2.09. The van der Waals surface area contributed by atoms with Crippen molar-refractivity contribution in [3.05, 3.63) is 0 Å². The van der Waals surface area contributed by atoms with Crippen LogP contribution >= 0.6 is 0 Å². The molecule has 4 heteroatoms. The van der Waals surface area contributed by atoms with E-state index in [9.17, 15) is 4.79 Å². The topological polar surface area (TPSA) is 50.4 Å². The molecule has 2 N–H and O–H groups in total. The Morgan fingerprint density at radius 3 is 2.69 bits per heavy atom. The van der Waals surface area contributed by atoms with Crippen LogP contribution in [-0.2, 0) is 9.53 Å². The Hall–Kier alpha value is -0.610. The van der Waals surface area contributed by atoms with Crippen molar-refractivity contribution in [1.29, 1.82) is 0 Å². The molecule has 4 atom stereocenters. The third-order valence-electron chi connectivity index (χ3n) is 4.15. The molecule has 2 aliphatic heterocycles. The molecule has 0 aromatic heterocycles. The van der Waals surface area contributed by atoms with Gasteiger partial charge in [-0.3, -0.25) is 4.79 Å². The van der Waals surface area contributed by atoms with Crippen molar-refractivity contribution in [2.75, 3.05) is 19.7 Å². The lowest BCUT2D eigenvalue weighted by atomic mass is 9.91. The van der Waals surface area contributed by atoms with Crippen molar-refractivity contribution in [1.82, 2.24) is 10.6 Å². The van der Waals surface area contributed by atoms with Crippen LogP contribution in [0.15, 0.2) is 0 Å². The van der Waals surface area contributed by atoms with E-state index in [0.717, 1.165) is 26.1 Å². The summed E-state index contributed by atoms with van der Waals surface area (Å²) in [5.74, 6) is 0.725. The zero-order valence-corrected chi connectivity index (χ0v) is 10.4. The summed E-state index contributed by atoms with van der Waals surface area (Å²) >= 11 is 0. The second-order valence-corrected chi connectivity index (χ2v) is 5.41. The van der Waals surface area contributed by atoms with Gasteiger partial charge in [0.2, 0.25) is 5.91 Å². The van der Waals surface area contributed by atoms with Gasteiger partial charge in [0, 0.05) is 13.2 Å². The summed E-state index contributed by atoms with van der Waals surface area (Å²) in [6.07, 6.45) is 1.02. The highest BCUT2D eigenvalue weighted by atomic mass is 16.5. The first-order valence-corrected chi connectivity index (χ1v) is 6.17. The summed E-state index contributed by atoms with van der Waals surface area (Å²) in [5.41, 5.74) is -0.181. The second kappa shape index (κ2) is 4.34. The second-order valence-electron chi connectivity index (χ2n) is 5.41. The van der Waals surface area contributed by atoms with Crippen LogP contribution in [0.5, 0.6) is 0 Å². The molecule has 0 radical (unpaired) electrons. The fourth-order valence-corrected chi connectivity index (χ4v) is 2.53. The largest absolute Gasteiger partial charge is 0.376 e. The van der Waals surface area contributed by atoms with Gasteiger partial charge in [0.25, 0.3) is 0 Å². The number of nitrogens with one attached hydrogen (secondary N) is 2. The van der Waals surface area contributed by atoms with Gasteiger partial charge in [-0.1, -0.05) is 6.92 Å². The van der Waals surface area contributed by atoms with E-state index in [1.54, 1.807) is 0 Å². The summed E-state index contributed by atoms with van der Waals surface area (Å²) in [5, 5.41) is 6.43. The van der Waals surface area contributed by atoms with E-state index < -0.39 is 0 Å². The third-order valence-corrected chi connectivity index (χ3v) is 4.15. The zero-order valence-electron chi connectivity index (χ0n) is 10.4. The van der Waals surface area contributed by atoms with Crippen molar-refractivity contribution < 1.29 is 9.53 Å². The predicted molar refractivity (Wildman–Crippen MR) is 62.1 cm³/mol. The highest BCUT2D eigenvalue weighted by Crippen LogP contribution is 2.26. The first-order valence-electron chi connectivity index (χ1n) is 6.17. The van der Waals surface area contributed by atoms with Crippen LogP contribution < -0.4 is 10.6 Å². The van der Waals surface area contributed by atoms with Crippen LogP contribution in [0, 0.1) is 11.8 Å². The minimum atomic E-state index is -0.181. The molecule has 2 saturated heterocycles. The Morgan fingerprint density at radius 2 is 2.19 bits per heavy atom. The SMILES string of the molecule is CC1OCCC1(C)NC(=O)[C@@H]1CNC[C@H]1C. The van der Waals surface area contributed by atoms with Crippen molar-refractivity contribution in [2.24, 2.45) is 11.8 Å². The van der Waals surface area contributed by atoms with E-state index in [0.29, 0.717) is 5.92 Å². The van der Waals surface area contributed by atoms with Crippen LogP contribution in [0.3, 0.4) is 0 Å². The van der Waals surface area contributed by atoms with Crippen LogP contribution in [0.25, 0.3) is 0 Å². The Kier molecular flexibility index (Phi) is 3.22. The number of amides is 1. The van der Waals surface area contributed by atoms with Crippen LogP contribution in [-0.4, -0.2) is 37.2 Å². The maximum Gasteiger partial charge on any atom is 0.225 e. The van der Waals surface area contributed by atoms with Gasteiger partial charge in [0.15, 0.2) is 0 Å². The van der Waals surface area contributed by atoms with E-state index in [1.807, 2.05) is 6.92 Å². The molecule has 92 valence electrons. The number of ether oxygens (including phenoxy) is 1. The predicted octanol–water partition coefficient (Wildman–Crippen LogP) is 0.526. The summed E-state index contributed by atoms with van der Waals surface area (Å²) in [6, 6.07) is 0. The Balaban J connectivity index is 1.96. The first-order chi connectivity index (χ1) is 7.53. The molecule has 2 unspecified atom stereocenters. The van der Waals surface area contributed by atoms with E-state index in [2.05, 4.69) is 24.5 Å². The van der Waals surface area contributed by atoms with Gasteiger partial charge in [-0.25, -0.2) is 0 Å². The van der Waals surface area contributed by atoms with Gasteiger partial charge in [-0.2, -0.15) is 0 Å². The molecule has 2 aliphatic rings. The van der Waals surface area contributed by atoms with Gasteiger partial charge in [0.05, 0.1) is 17.6 Å². The normalized spacial score (nSPS) is 43.6. The number of hydrogen-bond acceptors (Lipinski definition) is 3. The maximum atomic E-state index is 12.2. The van der Waals surface area contributed by atoms with Gasteiger partial charge in [-0.15, -0.1) is 0 Å². The van der Waals surface area contributed by atoms with E-state index >= 15 is 0 Å². The van der Waals surface area contributed by atoms with Gasteiger partial charge < -0.3 is 15.4 Å². The molecule has 1 amide bonds. The van der Waals surface area contributed by atoms with Crippen LogP contribution in [0.2, 0.25) is 0 Å². The Morgan fingerprint density at radius 1 is 1.44 bits per heavy atom. The Labute approximate surface area is 97.1 Å². The average molecular weight is 226 g/mol. The lowest BCUT2D eigenvalue weighted by Crippen LogP contribution is -2.53. The molecule has 0 aromatic carbocycles. The van der Waals surface area contributed by atoms with E-state index in [-0.39, 0.29) is 23.5 Å².